The largest absolute Gasteiger partial charge is 0.492 e. The molecular formula is C12H16ClN3OS. The lowest BCUT2D eigenvalue weighted by molar-refractivity contribution is 0.340. The number of thiocarbonyl (C=S) groups is 1. The van der Waals surface area contributed by atoms with E-state index in [0.717, 1.165) is 12.1 Å². The summed E-state index contributed by atoms with van der Waals surface area (Å²) in [7, 11) is 0. The van der Waals surface area contributed by atoms with E-state index in [0.29, 0.717) is 22.5 Å². The first-order valence-electron chi connectivity index (χ1n) is 5.66. The Labute approximate surface area is 117 Å². The summed E-state index contributed by atoms with van der Waals surface area (Å²) in [6, 6.07) is 5.47. The van der Waals surface area contributed by atoms with Crippen LogP contribution in [0.2, 0.25) is 5.02 Å². The quantitative estimate of drug-likeness (QED) is 0.496. The van der Waals surface area contributed by atoms with E-state index in [9.17, 15) is 0 Å². The molecule has 1 aromatic rings. The molecule has 0 aliphatic rings. The molecule has 98 valence electrons. The first kappa shape index (κ1) is 14.7. The summed E-state index contributed by atoms with van der Waals surface area (Å²) < 4.78 is 5.34. The second-order valence-electron chi connectivity index (χ2n) is 3.35. The summed E-state index contributed by atoms with van der Waals surface area (Å²) in [4.78, 5) is 0. The topological polar surface area (TPSA) is 45.7 Å². The van der Waals surface area contributed by atoms with Crippen LogP contribution in [0.4, 0.5) is 0 Å². The van der Waals surface area contributed by atoms with Gasteiger partial charge in [0.05, 0.1) is 17.8 Å². The van der Waals surface area contributed by atoms with Crippen LogP contribution in [-0.2, 0) is 0 Å². The molecule has 0 aliphatic carbocycles. The van der Waals surface area contributed by atoms with E-state index in [-0.39, 0.29) is 0 Å². The van der Waals surface area contributed by atoms with E-state index in [1.807, 2.05) is 26.0 Å². The molecule has 1 rings (SSSR count). The number of hydrazone groups is 1. The van der Waals surface area contributed by atoms with Crippen molar-refractivity contribution in [3.05, 3.63) is 28.8 Å². The molecule has 18 heavy (non-hydrogen) atoms. The van der Waals surface area contributed by atoms with Gasteiger partial charge in [-0.05, 0) is 49.8 Å². The molecular weight excluding hydrogens is 270 g/mol. The predicted octanol–water partition coefficient (Wildman–Crippen LogP) is 2.56. The maximum atomic E-state index is 6.05. The zero-order valence-electron chi connectivity index (χ0n) is 10.4. The van der Waals surface area contributed by atoms with E-state index >= 15 is 0 Å². The van der Waals surface area contributed by atoms with Crippen molar-refractivity contribution in [1.82, 2.24) is 10.7 Å². The van der Waals surface area contributed by atoms with Gasteiger partial charge < -0.3 is 10.1 Å². The van der Waals surface area contributed by atoms with Crippen molar-refractivity contribution in [2.24, 2.45) is 5.10 Å². The van der Waals surface area contributed by atoms with Crippen LogP contribution in [0.5, 0.6) is 5.75 Å². The smallest absolute Gasteiger partial charge is 0.186 e. The Morgan fingerprint density at radius 2 is 2.28 bits per heavy atom. The summed E-state index contributed by atoms with van der Waals surface area (Å²) in [5.74, 6) is 0.674. The summed E-state index contributed by atoms with van der Waals surface area (Å²) in [5, 5.41) is 7.98. The van der Waals surface area contributed by atoms with Gasteiger partial charge in [-0.25, -0.2) is 0 Å². The third-order valence-electron chi connectivity index (χ3n) is 1.97. The Morgan fingerprint density at radius 1 is 1.50 bits per heavy atom. The minimum atomic E-state index is 0.491. The number of hydrogen-bond acceptors (Lipinski definition) is 3. The molecule has 0 aromatic heterocycles. The van der Waals surface area contributed by atoms with Crippen molar-refractivity contribution < 1.29 is 4.74 Å². The van der Waals surface area contributed by atoms with Crippen molar-refractivity contribution in [1.29, 1.82) is 0 Å². The van der Waals surface area contributed by atoms with Crippen molar-refractivity contribution in [2.75, 3.05) is 13.2 Å². The summed E-state index contributed by atoms with van der Waals surface area (Å²) in [5.41, 5.74) is 3.58. The van der Waals surface area contributed by atoms with E-state index in [1.165, 1.54) is 0 Å². The van der Waals surface area contributed by atoms with Crippen LogP contribution < -0.4 is 15.5 Å². The Balaban J connectivity index is 2.60. The molecule has 2 N–H and O–H groups in total. The highest BCUT2D eigenvalue weighted by Gasteiger charge is 2.00. The van der Waals surface area contributed by atoms with Crippen LogP contribution >= 0.6 is 23.8 Å². The SMILES string of the molecule is CCNC(=S)N/N=C/c1ccc(OCC)c(Cl)c1. The van der Waals surface area contributed by atoms with Gasteiger partial charge in [0, 0.05) is 6.54 Å². The molecule has 0 aliphatic heterocycles. The highest BCUT2D eigenvalue weighted by Crippen LogP contribution is 2.24. The van der Waals surface area contributed by atoms with Crippen LogP contribution in [0.1, 0.15) is 19.4 Å². The van der Waals surface area contributed by atoms with Gasteiger partial charge in [0.2, 0.25) is 0 Å². The fourth-order valence-corrected chi connectivity index (χ4v) is 1.68. The summed E-state index contributed by atoms with van der Waals surface area (Å²) in [6.45, 7) is 5.23. The zero-order valence-corrected chi connectivity index (χ0v) is 11.9. The Hall–Kier alpha value is -1.33. The fraction of sp³-hybridized carbons (Fsp3) is 0.333. The van der Waals surface area contributed by atoms with Crippen LogP contribution in [0.25, 0.3) is 0 Å². The highest BCUT2D eigenvalue weighted by atomic mass is 35.5. The molecule has 0 saturated heterocycles. The Morgan fingerprint density at radius 3 is 2.89 bits per heavy atom. The minimum Gasteiger partial charge on any atom is -0.492 e. The highest BCUT2D eigenvalue weighted by molar-refractivity contribution is 7.80. The molecule has 0 fully saturated rings. The first-order valence-corrected chi connectivity index (χ1v) is 6.45. The van der Waals surface area contributed by atoms with E-state index in [4.69, 9.17) is 28.6 Å². The molecule has 6 heteroatoms. The number of halogens is 1. The third-order valence-corrected chi connectivity index (χ3v) is 2.50. The number of benzene rings is 1. The number of rotatable bonds is 5. The van der Waals surface area contributed by atoms with Gasteiger partial charge in [-0.3, -0.25) is 5.43 Å². The normalized spacial score (nSPS) is 10.4. The average molecular weight is 286 g/mol. The van der Waals surface area contributed by atoms with Gasteiger partial charge in [0.1, 0.15) is 5.75 Å². The third kappa shape index (κ3) is 4.89. The van der Waals surface area contributed by atoms with Crippen LogP contribution in [-0.4, -0.2) is 24.5 Å². The summed E-state index contributed by atoms with van der Waals surface area (Å²) >= 11 is 11.0. The standard InChI is InChI=1S/C12H16ClN3OS/c1-3-14-12(18)16-15-8-9-5-6-11(17-4-2)10(13)7-9/h5-8H,3-4H2,1-2H3,(H2,14,16,18)/b15-8+. The van der Waals surface area contributed by atoms with Gasteiger partial charge in [-0.15, -0.1) is 0 Å². The van der Waals surface area contributed by atoms with Gasteiger partial charge >= 0.3 is 0 Å². The van der Waals surface area contributed by atoms with Crippen LogP contribution in [0, 0.1) is 0 Å². The van der Waals surface area contributed by atoms with E-state index < -0.39 is 0 Å². The van der Waals surface area contributed by atoms with Crippen molar-refractivity contribution in [3.63, 3.8) is 0 Å². The van der Waals surface area contributed by atoms with Crippen molar-refractivity contribution in [3.8, 4) is 5.75 Å². The molecule has 0 bridgehead atoms. The van der Waals surface area contributed by atoms with Gasteiger partial charge in [-0.1, -0.05) is 11.6 Å². The molecule has 0 saturated carbocycles. The molecule has 4 nitrogen and oxygen atoms in total. The second-order valence-corrected chi connectivity index (χ2v) is 4.17. The summed E-state index contributed by atoms with van der Waals surface area (Å²) in [6.07, 6.45) is 1.64. The van der Waals surface area contributed by atoms with Gasteiger partial charge in [-0.2, -0.15) is 5.10 Å². The monoisotopic (exact) mass is 285 g/mol. The molecule has 0 spiro atoms. The number of nitrogens with zero attached hydrogens (tertiary/aromatic N) is 1. The molecule has 0 radical (unpaired) electrons. The fourth-order valence-electron chi connectivity index (χ4n) is 1.24. The second kappa shape index (κ2) is 7.89. The Kier molecular flexibility index (Phi) is 6.46. The van der Waals surface area contributed by atoms with Crippen LogP contribution in [0.15, 0.2) is 23.3 Å². The lowest BCUT2D eigenvalue weighted by atomic mass is 10.2. The van der Waals surface area contributed by atoms with Crippen molar-refractivity contribution >= 4 is 35.1 Å². The molecule has 1 aromatic carbocycles. The van der Waals surface area contributed by atoms with E-state index in [2.05, 4.69) is 15.8 Å². The number of nitrogens with one attached hydrogen (secondary N) is 2. The Bertz CT molecular complexity index is 437. The molecule has 0 amide bonds. The average Bonchev–Trinajstić information content (AvgIpc) is 2.33. The number of hydrogen-bond donors (Lipinski definition) is 2. The van der Waals surface area contributed by atoms with Gasteiger partial charge in [0.15, 0.2) is 5.11 Å². The first-order chi connectivity index (χ1) is 8.67. The molecule has 0 unspecified atom stereocenters. The maximum Gasteiger partial charge on any atom is 0.186 e. The van der Waals surface area contributed by atoms with Gasteiger partial charge in [0.25, 0.3) is 0 Å². The zero-order chi connectivity index (χ0) is 13.4. The lowest BCUT2D eigenvalue weighted by Crippen LogP contribution is -2.31. The number of ether oxygens (including phenoxy) is 1. The lowest BCUT2D eigenvalue weighted by Gasteiger charge is -2.06. The van der Waals surface area contributed by atoms with E-state index in [1.54, 1.807) is 12.3 Å². The molecule has 0 heterocycles. The molecule has 0 atom stereocenters. The maximum absolute atomic E-state index is 6.05. The van der Waals surface area contributed by atoms with Crippen molar-refractivity contribution in [2.45, 2.75) is 13.8 Å². The minimum absolute atomic E-state index is 0.491. The van der Waals surface area contributed by atoms with Crippen LogP contribution in [0.3, 0.4) is 0 Å². The predicted molar refractivity (Wildman–Crippen MR) is 79.6 cm³/mol.